The monoisotopic (exact) mass is 456 g/mol. The van der Waals surface area contributed by atoms with Crippen LogP contribution < -0.4 is 15.7 Å². The number of fused-ring (bicyclic) bond motifs is 2. The number of hydrogen-bond donors (Lipinski definition) is 2. The highest BCUT2D eigenvalue weighted by Gasteiger charge is 2.26. The first-order valence-electron chi connectivity index (χ1n) is 10.1. The SMILES string of the molecule is O=c1oc2ccccc2c(NC2CCCCC2)c1NS(=O)(=O)c1cccc2nsnc12. The number of para-hydroxylation sites is 1. The Morgan fingerprint density at radius 3 is 2.61 bits per heavy atom. The van der Waals surface area contributed by atoms with Crippen molar-refractivity contribution in [3.8, 4) is 0 Å². The summed E-state index contributed by atoms with van der Waals surface area (Å²) >= 11 is 0.936. The minimum Gasteiger partial charge on any atom is -0.421 e. The third-order valence-electron chi connectivity index (χ3n) is 5.54. The highest BCUT2D eigenvalue weighted by molar-refractivity contribution is 7.93. The van der Waals surface area contributed by atoms with E-state index < -0.39 is 15.6 Å². The quantitative estimate of drug-likeness (QED) is 0.429. The number of anilines is 2. The fourth-order valence-corrected chi connectivity index (χ4v) is 5.87. The Balaban J connectivity index is 1.63. The van der Waals surface area contributed by atoms with Crippen LogP contribution in [0.3, 0.4) is 0 Å². The number of rotatable bonds is 5. The Kier molecular flexibility index (Phi) is 5.11. The van der Waals surface area contributed by atoms with Crippen LogP contribution in [0.1, 0.15) is 32.1 Å². The average molecular weight is 457 g/mol. The summed E-state index contributed by atoms with van der Waals surface area (Å²) in [6.07, 6.45) is 5.30. The van der Waals surface area contributed by atoms with Crippen molar-refractivity contribution in [2.24, 2.45) is 0 Å². The van der Waals surface area contributed by atoms with E-state index in [4.69, 9.17) is 4.42 Å². The summed E-state index contributed by atoms with van der Waals surface area (Å²) in [5, 5.41) is 4.08. The van der Waals surface area contributed by atoms with Crippen molar-refractivity contribution in [3.05, 3.63) is 52.9 Å². The van der Waals surface area contributed by atoms with Gasteiger partial charge in [0.15, 0.2) is 5.69 Å². The minimum absolute atomic E-state index is 0.0325. The fourth-order valence-electron chi connectivity index (χ4n) is 4.03. The molecule has 5 rings (SSSR count). The molecule has 0 atom stereocenters. The molecule has 2 N–H and O–H groups in total. The molecule has 31 heavy (non-hydrogen) atoms. The highest BCUT2D eigenvalue weighted by Crippen LogP contribution is 2.33. The molecule has 1 saturated carbocycles. The molecule has 1 aliphatic carbocycles. The zero-order valence-electron chi connectivity index (χ0n) is 16.5. The largest absolute Gasteiger partial charge is 0.421 e. The molecule has 2 aromatic heterocycles. The molecule has 0 spiro atoms. The van der Waals surface area contributed by atoms with E-state index in [0.29, 0.717) is 22.2 Å². The normalized spacial score (nSPS) is 15.4. The van der Waals surface area contributed by atoms with Gasteiger partial charge in [-0.15, -0.1) is 0 Å². The predicted molar refractivity (Wildman–Crippen MR) is 121 cm³/mol. The van der Waals surface area contributed by atoms with Crippen LogP contribution in [0, 0.1) is 0 Å². The molecular weight excluding hydrogens is 436 g/mol. The lowest BCUT2D eigenvalue weighted by Gasteiger charge is -2.25. The van der Waals surface area contributed by atoms with Crippen molar-refractivity contribution in [3.63, 3.8) is 0 Å². The number of nitrogens with one attached hydrogen (secondary N) is 2. The third kappa shape index (κ3) is 3.77. The Bertz CT molecular complexity index is 1420. The van der Waals surface area contributed by atoms with Crippen LogP contribution in [-0.4, -0.2) is 23.2 Å². The van der Waals surface area contributed by atoms with E-state index in [-0.39, 0.29) is 22.1 Å². The highest BCUT2D eigenvalue weighted by atomic mass is 32.2. The van der Waals surface area contributed by atoms with Crippen molar-refractivity contribution in [2.45, 2.75) is 43.0 Å². The molecular formula is C21H20N4O4S2. The second-order valence-electron chi connectivity index (χ2n) is 7.61. The first kappa shape index (κ1) is 20.0. The Hall–Kier alpha value is -2.98. The summed E-state index contributed by atoms with van der Waals surface area (Å²) in [4.78, 5) is 12.8. The van der Waals surface area contributed by atoms with E-state index in [2.05, 4.69) is 18.8 Å². The standard InChI is InChI=1S/C21H20N4O4S2/c26-21-20(25-31(27,28)17-12-6-10-15-19(17)24-30-23-15)18(22-13-7-2-1-3-8-13)14-9-4-5-11-16(14)29-21/h4-6,9-13,22,25H,1-3,7-8H2. The Morgan fingerprint density at radius 1 is 0.968 bits per heavy atom. The van der Waals surface area contributed by atoms with Crippen molar-refractivity contribution < 1.29 is 12.8 Å². The summed E-state index contributed by atoms with van der Waals surface area (Å²) in [7, 11) is -4.11. The molecule has 160 valence electrons. The topological polar surface area (TPSA) is 114 Å². The minimum atomic E-state index is -4.11. The van der Waals surface area contributed by atoms with Gasteiger partial charge in [-0.05, 0) is 37.1 Å². The smallest absolute Gasteiger partial charge is 0.363 e. The Morgan fingerprint density at radius 2 is 1.77 bits per heavy atom. The van der Waals surface area contributed by atoms with Gasteiger partial charge in [-0.25, -0.2) is 13.2 Å². The molecule has 8 nitrogen and oxygen atoms in total. The van der Waals surface area contributed by atoms with Crippen LogP contribution in [0.2, 0.25) is 0 Å². The van der Waals surface area contributed by atoms with Gasteiger partial charge in [0.05, 0.1) is 17.4 Å². The van der Waals surface area contributed by atoms with E-state index >= 15 is 0 Å². The number of sulfonamides is 1. The van der Waals surface area contributed by atoms with Gasteiger partial charge in [0.2, 0.25) is 0 Å². The van der Waals surface area contributed by atoms with Crippen molar-refractivity contribution in [2.75, 3.05) is 10.0 Å². The summed E-state index contributed by atoms with van der Waals surface area (Å²) in [6.45, 7) is 0. The number of aromatic nitrogens is 2. The lowest BCUT2D eigenvalue weighted by Crippen LogP contribution is -2.26. The van der Waals surface area contributed by atoms with E-state index in [1.54, 1.807) is 24.3 Å². The molecule has 2 aromatic carbocycles. The van der Waals surface area contributed by atoms with Gasteiger partial charge in [-0.2, -0.15) is 8.75 Å². The lowest BCUT2D eigenvalue weighted by molar-refractivity contribution is 0.462. The molecule has 0 bridgehead atoms. The van der Waals surface area contributed by atoms with Crippen LogP contribution >= 0.6 is 11.7 Å². The molecule has 2 heterocycles. The molecule has 1 aliphatic rings. The van der Waals surface area contributed by atoms with E-state index in [1.807, 2.05) is 12.1 Å². The first-order valence-corrected chi connectivity index (χ1v) is 12.3. The second-order valence-corrected chi connectivity index (χ2v) is 9.79. The van der Waals surface area contributed by atoms with Gasteiger partial charge >= 0.3 is 5.63 Å². The molecule has 4 aromatic rings. The van der Waals surface area contributed by atoms with Crippen LogP contribution in [0.5, 0.6) is 0 Å². The zero-order valence-corrected chi connectivity index (χ0v) is 18.1. The van der Waals surface area contributed by atoms with Gasteiger partial charge in [0.1, 0.15) is 21.5 Å². The Labute approximate surface area is 182 Å². The lowest BCUT2D eigenvalue weighted by atomic mass is 9.95. The van der Waals surface area contributed by atoms with Gasteiger partial charge in [-0.3, -0.25) is 4.72 Å². The first-order chi connectivity index (χ1) is 15.0. The number of nitrogens with zero attached hydrogens (tertiary/aromatic N) is 2. The zero-order chi connectivity index (χ0) is 21.4. The van der Waals surface area contributed by atoms with E-state index in [0.717, 1.165) is 37.4 Å². The van der Waals surface area contributed by atoms with E-state index in [1.165, 1.54) is 12.5 Å². The van der Waals surface area contributed by atoms with E-state index in [9.17, 15) is 13.2 Å². The van der Waals surface area contributed by atoms with Crippen LogP contribution in [-0.2, 0) is 10.0 Å². The molecule has 1 fully saturated rings. The van der Waals surface area contributed by atoms with Crippen LogP contribution in [0.15, 0.2) is 56.6 Å². The number of benzene rings is 2. The molecule has 0 aliphatic heterocycles. The molecule has 0 unspecified atom stereocenters. The van der Waals surface area contributed by atoms with Crippen LogP contribution in [0.25, 0.3) is 22.0 Å². The summed E-state index contributed by atoms with van der Waals surface area (Å²) in [5.74, 6) is 0. The average Bonchev–Trinajstić information content (AvgIpc) is 3.25. The predicted octanol–water partition coefficient (Wildman–Crippen LogP) is 4.34. The second kappa shape index (κ2) is 7.93. The molecule has 0 amide bonds. The summed E-state index contributed by atoms with van der Waals surface area (Å²) in [6, 6.07) is 12.0. The van der Waals surface area contributed by atoms with Gasteiger partial charge in [-0.1, -0.05) is 37.5 Å². The maximum Gasteiger partial charge on any atom is 0.363 e. The van der Waals surface area contributed by atoms with Gasteiger partial charge < -0.3 is 9.73 Å². The van der Waals surface area contributed by atoms with Gasteiger partial charge in [0.25, 0.3) is 10.0 Å². The number of hydrogen-bond acceptors (Lipinski definition) is 8. The fraction of sp³-hybridized carbons (Fsp3) is 0.286. The van der Waals surface area contributed by atoms with Gasteiger partial charge in [0, 0.05) is 11.4 Å². The van der Waals surface area contributed by atoms with Crippen molar-refractivity contribution in [1.82, 2.24) is 8.75 Å². The van der Waals surface area contributed by atoms with Crippen molar-refractivity contribution >= 4 is 55.1 Å². The van der Waals surface area contributed by atoms with Crippen LogP contribution in [0.4, 0.5) is 11.4 Å². The summed E-state index contributed by atoms with van der Waals surface area (Å²) in [5.41, 5.74) is 0.741. The molecule has 10 heteroatoms. The maximum atomic E-state index is 13.3. The van der Waals surface area contributed by atoms with Crippen molar-refractivity contribution in [1.29, 1.82) is 0 Å². The summed E-state index contributed by atoms with van der Waals surface area (Å²) < 4.78 is 42.6. The molecule has 0 radical (unpaired) electrons. The third-order valence-corrected chi connectivity index (χ3v) is 7.47. The molecule has 0 saturated heterocycles. The maximum absolute atomic E-state index is 13.3.